The number of carbonyl (C=O) groups is 1. The third kappa shape index (κ3) is 6.91. The van der Waals surface area contributed by atoms with Crippen molar-refractivity contribution in [2.24, 2.45) is 7.05 Å². The Morgan fingerprint density at radius 3 is 2.38 bits per heavy atom. The molecule has 13 heteroatoms. The molecule has 2 aromatic rings. The van der Waals surface area contributed by atoms with Crippen LogP contribution in [0.2, 0.25) is 0 Å². The minimum absolute atomic E-state index is 0.154. The minimum Gasteiger partial charge on any atom is -0.465 e. The molecule has 39 heavy (non-hydrogen) atoms. The molecular formula is C26H31F3N4O5S. The number of benzene rings is 1. The molecule has 2 atom stereocenters. The summed E-state index contributed by atoms with van der Waals surface area (Å²) < 4.78 is 75.2. The second-order valence-electron chi connectivity index (χ2n) is 10.4. The number of sulfone groups is 1. The molecule has 0 aliphatic heterocycles. The summed E-state index contributed by atoms with van der Waals surface area (Å²) in [6.07, 6.45) is 3.70. The van der Waals surface area contributed by atoms with E-state index in [-0.39, 0.29) is 24.2 Å². The van der Waals surface area contributed by atoms with E-state index in [1.807, 2.05) is 6.07 Å². The number of amides is 1. The second kappa shape index (κ2) is 11.2. The van der Waals surface area contributed by atoms with Gasteiger partial charge in [0.15, 0.2) is 9.84 Å². The van der Waals surface area contributed by atoms with Crippen molar-refractivity contribution in [1.29, 1.82) is 5.26 Å². The number of hydrogen-bond donors (Lipinski definition) is 2. The highest BCUT2D eigenvalue weighted by Gasteiger charge is 2.45. The highest BCUT2D eigenvalue weighted by Crippen LogP contribution is 2.41. The SMILES string of the molecule is Cn1cc(-c2ccc(S(=O)(=O)[C@H]3CC[C@H](OC4CCCC4)C3)c(C(F)(F)F)c2)cn1.N#CC1(NC(=O)O)CC1. The topological polar surface area (TPSA) is 134 Å². The molecule has 1 heterocycles. The van der Waals surface area contributed by atoms with Crippen LogP contribution in [0, 0.1) is 11.3 Å². The van der Waals surface area contributed by atoms with Gasteiger partial charge < -0.3 is 15.2 Å². The number of nitrogens with one attached hydrogen (secondary N) is 1. The average Bonchev–Trinajstić information content (AvgIpc) is 3.27. The molecule has 3 saturated carbocycles. The summed E-state index contributed by atoms with van der Waals surface area (Å²) in [6.45, 7) is 0. The Hall–Kier alpha value is -3.11. The van der Waals surface area contributed by atoms with Crippen LogP contribution in [-0.4, -0.2) is 52.4 Å². The highest BCUT2D eigenvalue weighted by molar-refractivity contribution is 7.92. The van der Waals surface area contributed by atoms with Crippen molar-refractivity contribution in [2.45, 2.75) is 91.9 Å². The molecule has 0 unspecified atom stereocenters. The lowest BCUT2D eigenvalue weighted by Gasteiger charge is -2.19. The lowest BCUT2D eigenvalue weighted by Crippen LogP contribution is -2.33. The maximum Gasteiger partial charge on any atom is 0.417 e. The number of carboxylic acid groups (broad SMARTS) is 1. The van der Waals surface area contributed by atoms with Crippen LogP contribution >= 0.6 is 0 Å². The molecule has 3 aliphatic rings. The third-order valence-corrected chi connectivity index (χ3v) is 9.68. The van der Waals surface area contributed by atoms with Gasteiger partial charge in [-0.25, -0.2) is 13.2 Å². The Labute approximate surface area is 224 Å². The highest BCUT2D eigenvalue weighted by atomic mass is 32.2. The van der Waals surface area contributed by atoms with Crippen molar-refractivity contribution in [3.63, 3.8) is 0 Å². The van der Waals surface area contributed by atoms with Crippen molar-refractivity contribution in [1.82, 2.24) is 15.1 Å². The van der Waals surface area contributed by atoms with Crippen LogP contribution < -0.4 is 5.32 Å². The maximum absolute atomic E-state index is 13.8. The smallest absolute Gasteiger partial charge is 0.417 e. The third-order valence-electron chi connectivity index (χ3n) is 7.40. The Morgan fingerprint density at radius 1 is 1.18 bits per heavy atom. The molecule has 3 aliphatic carbocycles. The summed E-state index contributed by atoms with van der Waals surface area (Å²) in [7, 11) is -2.47. The average molecular weight is 569 g/mol. The maximum atomic E-state index is 13.8. The number of hydrogen-bond acceptors (Lipinski definition) is 6. The summed E-state index contributed by atoms with van der Waals surface area (Å²) in [6, 6.07) is 5.31. The van der Waals surface area contributed by atoms with Gasteiger partial charge >= 0.3 is 12.3 Å². The van der Waals surface area contributed by atoms with Crippen LogP contribution in [0.5, 0.6) is 0 Å². The van der Waals surface area contributed by atoms with Crippen LogP contribution in [0.3, 0.4) is 0 Å². The quantitative estimate of drug-likeness (QED) is 0.497. The lowest BCUT2D eigenvalue weighted by molar-refractivity contribution is -0.139. The molecule has 5 rings (SSSR count). The molecule has 3 fully saturated rings. The summed E-state index contributed by atoms with van der Waals surface area (Å²) in [5.41, 5.74) is -1.07. The van der Waals surface area contributed by atoms with E-state index >= 15 is 0 Å². The van der Waals surface area contributed by atoms with E-state index in [1.54, 1.807) is 13.2 Å². The Kier molecular flexibility index (Phi) is 8.28. The van der Waals surface area contributed by atoms with E-state index in [0.717, 1.165) is 37.8 Å². The van der Waals surface area contributed by atoms with Gasteiger partial charge in [-0.1, -0.05) is 18.9 Å². The van der Waals surface area contributed by atoms with Gasteiger partial charge in [0.1, 0.15) is 5.54 Å². The first-order valence-corrected chi connectivity index (χ1v) is 14.4. The normalized spacial score (nSPS) is 22.5. The van der Waals surface area contributed by atoms with Gasteiger partial charge in [-0.3, -0.25) is 4.68 Å². The molecule has 0 radical (unpaired) electrons. The fourth-order valence-corrected chi connectivity index (χ4v) is 7.14. The molecular weight excluding hydrogens is 537 g/mol. The number of rotatable bonds is 6. The Balaban J connectivity index is 0.000000333. The summed E-state index contributed by atoms with van der Waals surface area (Å²) in [4.78, 5) is 9.31. The predicted molar refractivity (Wildman–Crippen MR) is 134 cm³/mol. The van der Waals surface area contributed by atoms with Gasteiger partial charge in [-0.05, 0) is 62.6 Å². The van der Waals surface area contributed by atoms with E-state index < -0.39 is 43.4 Å². The van der Waals surface area contributed by atoms with Crippen molar-refractivity contribution in [2.75, 3.05) is 0 Å². The summed E-state index contributed by atoms with van der Waals surface area (Å²) in [5.74, 6) is 0. The van der Waals surface area contributed by atoms with E-state index in [2.05, 4.69) is 10.4 Å². The zero-order valence-corrected chi connectivity index (χ0v) is 22.3. The van der Waals surface area contributed by atoms with Gasteiger partial charge in [-0.15, -0.1) is 0 Å². The summed E-state index contributed by atoms with van der Waals surface area (Å²) in [5, 5.41) is 21.7. The predicted octanol–water partition coefficient (Wildman–Crippen LogP) is 5.07. The standard InChI is InChI=1S/C21H25F3N2O3S.C5H6N2O2/c1-26-13-15(12-25-26)14-6-9-20(19(10-14)21(22,23)24)30(27,28)18-8-7-17(11-18)29-16-4-2-3-5-16;6-3-5(1-2-5)7-4(8)9/h6,9-10,12-13,16-18H,2-5,7-8,11H2,1H3;7H,1-2H2,(H,8,9)/t17-,18-;/m0./s1. The first kappa shape index (κ1) is 28.9. The number of aromatic nitrogens is 2. The van der Waals surface area contributed by atoms with Crippen LogP contribution in [-0.2, 0) is 27.8 Å². The monoisotopic (exact) mass is 568 g/mol. The number of nitriles is 1. The van der Waals surface area contributed by atoms with Gasteiger partial charge in [0.05, 0.1) is 40.2 Å². The first-order chi connectivity index (χ1) is 18.3. The zero-order valence-electron chi connectivity index (χ0n) is 21.4. The number of ether oxygens (including phenoxy) is 1. The van der Waals surface area contributed by atoms with Crippen LogP contribution in [0.15, 0.2) is 35.5 Å². The van der Waals surface area contributed by atoms with E-state index in [1.165, 1.54) is 16.9 Å². The molecule has 9 nitrogen and oxygen atoms in total. The molecule has 0 bridgehead atoms. The molecule has 2 N–H and O–H groups in total. The molecule has 212 valence electrons. The zero-order chi connectivity index (χ0) is 28.4. The van der Waals surface area contributed by atoms with Crippen LogP contribution in [0.1, 0.15) is 63.4 Å². The Bertz CT molecular complexity index is 1340. The van der Waals surface area contributed by atoms with Crippen LogP contribution in [0.25, 0.3) is 11.1 Å². The van der Waals surface area contributed by atoms with Gasteiger partial charge in [0.25, 0.3) is 0 Å². The minimum atomic E-state index is -4.78. The van der Waals surface area contributed by atoms with Gasteiger partial charge in [0.2, 0.25) is 0 Å². The van der Waals surface area contributed by atoms with Crippen molar-refractivity contribution in [3.05, 3.63) is 36.2 Å². The van der Waals surface area contributed by atoms with Crippen molar-refractivity contribution >= 4 is 15.9 Å². The van der Waals surface area contributed by atoms with Gasteiger partial charge in [0, 0.05) is 18.8 Å². The fraction of sp³-hybridized carbons (Fsp3) is 0.577. The number of alkyl halides is 3. The largest absolute Gasteiger partial charge is 0.465 e. The van der Waals surface area contributed by atoms with E-state index in [4.69, 9.17) is 15.1 Å². The van der Waals surface area contributed by atoms with Crippen LogP contribution in [0.4, 0.5) is 18.0 Å². The second-order valence-corrected chi connectivity index (χ2v) is 12.6. The lowest BCUT2D eigenvalue weighted by atomic mass is 10.1. The first-order valence-electron chi connectivity index (χ1n) is 12.8. The number of aryl methyl sites for hydroxylation is 1. The van der Waals surface area contributed by atoms with Crippen molar-refractivity contribution in [3.8, 4) is 17.2 Å². The summed E-state index contributed by atoms with van der Waals surface area (Å²) >= 11 is 0. The van der Waals surface area contributed by atoms with Crippen molar-refractivity contribution < 1.29 is 36.2 Å². The number of nitrogens with zero attached hydrogens (tertiary/aromatic N) is 3. The molecule has 0 saturated heterocycles. The molecule has 1 amide bonds. The van der Waals surface area contributed by atoms with E-state index in [0.29, 0.717) is 31.2 Å². The number of halogens is 3. The molecule has 0 spiro atoms. The van der Waals surface area contributed by atoms with Gasteiger partial charge in [-0.2, -0.15) is 23.5 Å². The fourth-order valence-electron chi connectivity index (χ4n) is 5.13. The molecule has 1 aromatic carbocycles. The Morgan fingerprint density at radius 2 is 1.87 bits per heavy atom. The van der Waals surface area contributed by atoms with E-state index in [9.17, 15) is 26.4 Å². The molecule has 1 aromatic heterocycles.